The number of rotatable bonds is 6. The molecule has 1 atom stereocenters. The highest BCUT2D eigenvalue weighted by Crippen LogP contribution is 2.31. The molecular weight excluding hydrogens is 257 g/mol. The molecule has 0 fully saturated rings. The summed E-state index contributed by atoms with van der Waals surface area (Å²) in [6.07, 6.45) is 4.65. The van der Waals surface area contributed by atoms with Crippen molar-refractivity contribution in [3.63, 3.8) is 0 Å². The van der Waals surface area contributed by atoms with Gasteiger partial charge >= 0.3 is 0 Å². The van der Waals surface area contributed by atoms with Crippen LogP contribution in [0.2, 0.25) is 0 Å². The number of imidazole rings is 1. The van der Waals surface area contributed by atoms with Crippen LogP contribution in [0.15, 0.2) is 30.6 Å². The fraction of sp³-hybridized carbons (Fsp3) is 0.400. The molecule has 0 saturated carbocycles. The molecule has 2 aromatic rings. The molecule has 0 radical (unpaired) electrons. The zero-order chi connectivity index (χ0) is 14.5. The maximum absolute atomic E-state index is 14.2. The van der Waals surface area contributed by atoms with E-state index in [9.17, 15) is 4.39 Å². The van der Waals surface area contributed by atoms with E-state index in [1.165, 1.54) is 6.07 Å². The summed E-state index contributed by atoms with van der Waals surface area (Å²) < 4.78 is 21.6. The van der Waals surface area contributed by atoms with Gasteiger partial charge in [-0.25, -0.2) is 9.37 Å². The molecule has 1 unspecified atom stereocenters. The number of halogens is 1. The predicted molar refractivity (Wildman–Crippen MR) is 76.4 cm³/mol. The number of ether oxygens (including phenoxy) is 1. The van der Waals surface area contributed by atoms with E-state index in [4.69, 9.17) is 4.74 Å². The average Bonchev–Trinajstić information content (AvgIpc) is 2.90. The smallest absolute Gasteiger partial charge is 0.132 e. The minimum Gasteiger partial charge on any atom is -0.496 e. The first-order valence-corrected chi connectivity index (χ1v) is 6.73. The summed E-state index contributed by atoms with van der Waals surface area (Å²) in [6.45, 7) is 2.95. The van der Waals surface area contributed by atoms with Crippen LogP contribution in [-0.2, 0) is 6.54 Å². The van der Waals surface area contributed by atoms with Gasteiger partial charge < -0.3 is 14.6 Å². The first-order valence-electron chi connectivity index (χ1n) is 6.73. The maximum atomic E-state index is 14.2. The van der Waals surface area contributed by atoms with Gasteiger partial charge in [0, 0.05) is 18.9 Å². The molecule has 0 aliphatic carbocycles. The van der Waals surface area contributed by atoms with Gasteiger partial charge in [0.2, 0.25) is 0 Å². The third-order valence-corrected chi connectivity index (χ3v) is 3.28. The van der Waals surface area contributed by atoms with Gasteiger partial charge in [-0.1, -0.05) is 13.0 Å². The SMILES string of the molecule is CCCn1ccnc1C(NC)c1c(F)cccc1OC. The van der Waals surface area contributed by atoms with Crippen molar-refractivity contribution in [2.75, 3.05) is 14.2 Å². The number of nitrogens with one attached hydrogen (secondary N) is 1. The Morgan fingerprint density at radius 1 is 1.45 bits per heavy atom. The van der Waals surface area contributed by atoms with Crippen molar-refractivity contribution in [2.24, 2.45) is 0 Å². The van der Waals surface area contributed by atoms with Gasteiger partial charge in [-0.2, -0.15) is 0 Å². The Kier molecular flexibility index (Phi) is 4.74. The van der Waals surface area contributed by atoms with Crippen molar-refractivity contribution in [3.05, 3.63) is 47.8 Å². The van der Waals surface area contributed by atoms with E-state index in [1.54, 1.807) is 32.5 Å². The lowest BCUT2D eigenvalue weighted by molar-refractivity contribution is 0.396. The van der Waals surface area contributed by atoms with Gasteiger partial charge in [-0.05, 0) is 25.6 Å². The van der Waals surface area contributed by atoms with Gasteiger partial charge in [-0.15, -0.1) is 0 Å². The van der Waals surface area contributed by atoms with Crippen molar-refractivity contribution >= 4 is 0 Å². The second kappa shape index (κ2) is 6.52. The number of nitrogens with zero attached hydrogens (tertiary/aromatic N) is 2. The molecule has 1 aromatic heterocycles. The van der Waals surface area contributed by atoms with Crippen LogP contribution in [0.5, 0.6) is 5.75 Å². The van der Waals surface area contributed by atoms with E-state index in [0.717, 1.165) is 18.8 Å². The fourth-order valence-corrected chi connectivity index (χ4v) is 2.39. The zero-order valence-electron chi connectivity index (χ0n) is 12.1. The molecule has 2 rings (SSSR count). The molecule has 1 aromatic carbocycles. The highest BCUT2D eigenvalue weighted by molar-refractivity contribution is 5.40. The van der Waals surface area contributed by atoms with Crippen LogP contribution in [0.4, 0.5) is 4.39 Å². The van der Waals surface area contributed by atoms with E-state index in [1.807, 2.05) is 10.8 Å². The van der Waals surface area contributed by atoms with Gasteiger partial charge in [0.15, 0.2) is 0 Å². The topological polar surface area (TPSA) is 39.1 Å². The van der Waals surface area contributed by atoms with Gasteiger partial charge in [0.05, 0.1) is 18.7 Å². The Labute approximate surface area is 118 Å². The molecule has 5 heteroatoms. The Bertz CT molecular complexity index is 568. The number of aryl methyl sites for hydroxylation is 1. The van der Waals surface area contributed by atoms with Crippen molar-refractivity contribution in [1.82, 2.24) is 14.9 Å². The van der Waals surface area contributed by atoms with Gasteiger partial charge in [-0.3, -0.25) is 0 Å². The van der Waals surface area contributed by atoms with E-state index >= 15 is 0 Å². The lowest BCUT2D eigenvalue weighted by Gasteiger charge is -2.20. The second-order valence-corrected chi connectivity index (χ2v) is 4.56. The van der Waals surface area contributed by atoms with E-state index < -0.39 is 0 Å². The van der Waals surface area contributed by atoms with Crippen LogP contribution >= 0.6 is 0 Å². The van der Waals surface area contributed by atoms with Crippen LogP contribution in [0.1, 0.15) is 30.8 Å². The Morgan fingerprint density at radius 3 is 2.90 bits per heavy atom. The third kappa shape index (κ3) is 2.67. The lowest BCUT2D eigenvalue weighted by atomic mass is 10.0. The van der Waals surface area contributed by atoms with E-state index in [2.05, 4.69) is 17.2 Å². The van der Waals surface area contributed by atoms with Crippen molar-refractivity contribution in [2.45, 2.75) is 25.9 Å². The molecule has 0 amide bonds. The van der Waals surface area contributed by atoms with Crippen LogP contribution in [0.25, 0.3) is 0 Å². The largest absolute Gasteiger partial charge is 0.496 e. The third-order valence-electron chi connectivity index (χ3n) is 3.28. The number of methoxy groups -OCH3 is 1. The minimum absolute atomic E-state index is 0.297. The molecule has 0 saturated heterocycles. The summed E-state index contributed by atoms with van der Waals surface area (Å²) in [5, 5.41) is 3.13. The number of hydrogen-bond acceptors (Lipinski definition) is 3. The summed E-state index contributed by atoms with van der Waals surface area (Å²) in [6, 6.07) is 4.50. The Hall–Kier alpha value is -1.88. The Morgan fingerprint density at radius 2 is 2.25 bits per heavy atom. The number of aromatic nitrogens is 2. The Balaban J connectivity index is 2.50. The van der Waals surface area contributed by atoms with Crippen LogP contribution < -0.4 is 10.1 Å². The van der Waals surface area contributed by atoms with Crippen LogP contribution in [0, 0.1) is 5.82 Å². The van der Waals surface area contributed by atoms with Gasteiger partial charge in [0.1, 0.15) is 17.4 Å². The summed E-state index contributed by atoms with van der Waals surface area (Å²) in [7, 11) is 3.34. The average molecular weight is 277 g/mol. The fourth-order valence-electron chi connectivity index (χ4n) is 2.39. The summed E-state index contributed by atoms with van der Waals surface area (Å²) >= 11 is 0. The standard InChI is InChI=1S/C15H20FN3O/c1-4-9-19-10-8-18-15(19)14(17-2)13-11(16)6-5-7-12(13)20-3/h5-8,10,14,17H,4,9H2,1-3H3. The lowest BCUT2D eigenvalue weighted by Crippen LogP contribution is -2.23. The maximum Gasteiger partial charge on any atom is 0.132 e. The number of hydrogen-bond donors (Lipinski definition) is 1. The molecule has 4 nitrogen and oxygen atoms in total. The van der Waals surface area contributed by atoms with Gasteiger partial charge in [0.25, 0.3) is 0 Å². The first kappa shape index (κ1) is 14.5. The van der Waals surface area contributed by atoms with E-state index in [-0.39, 0.29) is 11.9 Å². The summed E-state index contributed by atoms with van der Waals surface area (Å²) in [4.78, 5) is 4.38. The molecular formula is C15H20FN3O. The molecule has 0 spiro atoms. The monoisotopic (exact) mass is 277 g/mol. The molecule has 20 heavy (non-hydrogen) atoms. The van der Waals surface area contributed by atoms with E-state index in [0.29, 0.717) is 11.3 Å². The van der Waals surface area contributed by atoms with Crippen LogP contribution in [0.3, 0.4) is 0 Å². The van der Waals surface area contributed by atoms with Crippen molar-refractivity contribution in [1.29, 1.82) is 0 Å². The molecule has 0 aliphatic rings. The molecule has 1 N–H and O–H groups in total. The highest BCUT2D eigenvalue weighted by Gasteiger charge is 2.24. The quantitative estimate of drug-likeness (QED) is 0.882. The molecule has 0 aliphatic heterocycles. The van der Waals surface area contributed by atoms with Crippen molar-refractivity contribution < 1.29 is 9.13 Å². The normalized spacial score (nSPS) is 12.4. The number of benzene rings is 1. The van der Waals surface area contributed by atoms with Crippen LogP contribution in [-0.4, -0.2) is 23.7 Å². The first-order chi connectivity index (χ1) is 9.72. The second-order valence-electron chi connectivity index (χ2n) is 4.56. The molecule has 0 bridgehead atoms. The zero-order valence-corrected chi connectivity index (χ0v) is 12.1. The molecule has 108 valence electrons. The van der Waals surface area contributed by atoms with Crippen molar-refractivity contribution in [3.8, 4) is 5.75 Å². The minimum atomic E-state index is -0.340. The summed E-state index contributed by atoms with van der Waals surface area (Å²) in [5.41, 5.74) is 0.487. The highest BCUT2D eigenvalue weighted by atomic mass is 19.1. The molecule has 1 heterocycles. The predicted octanol–water partition coefficient (Wildman–Crippen LogP) is 2.75. The summed E-state index contributed by atoms with van der Waals surface area (Å²) in [5.74, 6) is 1.02.